The Bertz CT molecular complexity index is 251. The number of carbonyl (C=O) groups is 1. The topological polar surface area (TPSA) is 29.1 Å². The summed E-state index contributed by atoms with van der Waals surface area (Å²) in [5, 5.41) is 3.09. The first kappa shape index (κ1) is 8.79. The average Bonchev–Trinajstić information content (AvgIpc) is 2.85. The molecule has 0 aromatic rings. The maximum atomic E-state index is 11.7. The van der Waals surface area contributed by atoms with Gasteiger partial charge in [0.25, 0.3) is 0 Å². The van der Waals surface area contributed by atoms with Crippen LogP contribution in [-0.2, 0) is 4.79 Å². The Morgan fingerprint density at radius 1 is 1.46 bits per heavy atom. The molecule has 0 spiro atoms. The average molecular weight is 179 g/mol. The summed E-state index contributed by atoms with van der Waals surface area (Å²) in [5.41, 5.74) is 1.15. The maximum absolute atomic E-state index is 11.7. The van der Waals surface area contributed by atoms with Gasteiger partial charge in [0.2, 0.25) is 5.91 Å². The Hall–Kier alpha value is -0.790. The zero-order valence-electron chi connectivity index (χ0n) is 8.23. The molecule has 2 nitrogen and oxygen atoms in total. The van der Waals surface area contributed by atoms with Crippen molar-refractivity contribution in [2.45, 2.75) is 51.0 Å². The van der Waals surface area contributed by atoms with Gasteiger partial charge in [0.05, 0.1) is 0 Å². The summed E-state index contributed by atoms with van der Waals surface area (Å²) >= 11 is 0. The lowest BCUT2D eigenvalue weighted by atomic mass is 9.99. The Kier molecular flexibility index (Phi) is 2.14. The van der Waals surface area contributed by atoms with Crippen LogP contribution in [-0.4, -0.2) is 11.4 Å². The summed E-state index contributed by atoms with van der Waals surface area (Å²) in [4.78, 5) is 11.7. The van der Waals surface area contributed by atoms with Gasteiger partial charge in [-0.15, -0.1) is 0 Å². The van der Waals surface area contributed by atoms with E-state index in [1.165, 1.54) is 12.8 Å². The van der Waals surface area contributed by atoms with Crippen molar-refractivity contribution in [1.29, 1.82) is 0 Å². The zero-order chi connectivity index (χ0) is 9.31. The smallest absolute Gasteiger partial charge is 0.247 e. The van der Waals surface area contributed by atoms with Crippen LogP contribution >= 0.6 is 0 Å². The number of rotatable bonds is 2. The quantitative estimate of drug-likeness (QED) is 0.691. The molecule has 2 heteroatoms. The highest BCUT2D eigenvalue weighted by Gasteiger charge is 2.39. The highest BCUT2D eigenvalue weighted by molar-refractivity contribution is 5.94. The summed E-state index contributed by atoms with van der Waals surface area (Å²) in [7, 11) is 0. The minimum atomic E-state index is 0.134. The molecular weight excluding hydrogens is 162 g/mol. The van der Waals surface area contributed by atoms with E-state index in [-0.39, 0.29) is 11.4 Å². The third kappa shape index (κ3) is 2.11. The molecule has 0 aromatic carbocycles. The molecule has 0 aromatic heterocycles. The molecule has 1 N–H and O–H groups in total. The molecule has 0 heterocycles. The van der Waals surface area contributed by atoms with E-state index >= 15 is 0 Å². The number of hydrogen-bond acceptors (Lipinski definition) is 1. The van der Waals surface area contributed by atoms with Crippen molar-refractivity contribution in [3.05, 3.63) is 11.6 Å². The molecule has 0 atom stereocenters. The minimum Gasteiger partial charge on any atom is -0.347 e. The molecule has 0 unspecified atom stereocenters. The van der Waals surface area contributed by atoms with Crippen LogP contribution in [0.15, 0.2) is 11.6 Å². The molecule has 0 radical (unpaired) electrons. The molecule has 2 rings (SSSR count). The third-order valence-electron chi connectivity index (χ3n) is 3.00. The predicted molar refractivity (Wildman–Crippen MR) is 52.3 cm³/mol. The van der Waals surface area contributed by atoms with Gasteiger partial charge in [0.15, 0.2) is 0 Å². The first-order valence-corrected chi connectivity index (χ1v) is 5.21. The molecule has 13 heavy (non-hydrogen) atoms. The van der Waals surface area contributed by atoms with Crippen molar-refractivity contribution in [2.24, 2.45) is 0 Å². The van der Waals surface area contributed by atoms with Crippen LogP contribution in [0.1, 0.15) is 45.4 Å². The van der Waals surface area contributed by atoms with Gasteiger partial charge in [-0.3, -0.25) is 4.79 Å². The molecule has 72 valence electrons. The van der Waals surface area contributed by atoms with Crippen molar-refractivity contribution in [3.8, 4) is 0 Å². The Balaban J connectivity index is 1.92. The van der Waals surface area contributed by atoms with Crippen molar-refractivity contribution in [2.75, 3.05) is 0 Å². The van der Waals surface area contributed by atoms with E-state index in [0.29, 0.717) is 0 Å². The summed E-state index contributed by atoms with van der Waals surface area (Å²) in [5.74, 6) is 0.180. The Morgan fingerprint density at radius 3 is 2.77 bits per heavy atom. The van der Waals surface area contributed by atoms with Crippen LogP contribution in [0.5, 0.6) is 0 Å². The van der Waals surface area contributed by atoms with E-state index in [1.807, 2.05) is 0 Å². The van der Waals surface area contributed by atoms with Gasteiger partial charge in [-0.2, -0.15) is 0 Å². The Morgan fingerprint density at radius 2 is 2.23 bits per heavy atom. The molecule has 1 fully saturated rings. The monoisotopic (exact) mass is 179 g/mol. The van der Waals surface area contributed by atoms with Crippen LogP contribution in [0.4, 0.5) is 0 Å². The van der Waals surface area contributed by atoms with Gasteiger partial charge in [0.1, 0.15) is 0 Å². The molecule has 0 saturated heterocycles. The van der Waals surface area contributed by atoms with Crippen molar-refractivity contribution < 1.29 is 4.79 Å². The molecule has 0 bridgehead atoms. The fourth-order valence-corrected chi connectivity index (χ4v) is 1.71. The molecule has 0 aliphatic heterocycles. The van der Waals surface area contributed by atoms with Gasteiger partial charge in [-0.05, 0) is 45.4 Å². The van der Waals surface area contributed by atoms with E-state index in [0.717, 1.165) is 31.3 Å². The van der Waals surface area contributed by atoms with Gasteiger partial charge in [-0.1, -0.05) is 6.08 Å². The second kappa shape index (κ2) is 3.17. The summed E-state index contributed by atoms with van der Waals surface area (Å²) < 4.78 is 0. The maximum Gasteiger partial charge on any atom is 0.247 e. The first-order valence-electron chi connectivity index (χ1n) is 5.21. The summed E-state index contributed by atoms with van der Waals surface area (Å²) in [6, 6.07) is 0. The molecule has 2 aliphatic rings. The molecule has 2 aliphatic carbocycles. The Labute approximate surface area is 79.4 Å². The van der Waals surface area contributed by atoms with Gasteiger partial charge < -0.3 is 5.32 Å². The van der Waals surface area contributed by atoms with E-state index in [1.54, 1.807) is 0 Å². The lowest BCUT2D eigenvalue weighted by molar-refractivity contribution is -0.118. The minimum absolute atomic E-state index is 0.134. The van der Waals surface area contributed by atoms with E-state index in [4.69, 9.17) is 0 Å². The van der Waals surface area contributed by atoms with Gasteiger partial charge >= 0.3 is 0 Å². The fourth-order valence-electron chi connectivity index (χ4n) is 1.71. The van der Waals surface area contributed by atoms with E-state index in [2.05, 4.69) is 18.3 Å². The van der Waals surface area contributed by atoms with Crippen LogP contribution in [0.2, 0.25) is 0 Å². The number of amides is 1. The largest absolute Gasteiger partial charge is 0.347 e. The molecule has 1 amide bonds. The second-order valence-electron chi connectivity index (χ2n) is 4.49. The number of nitrogens with one attached hydrogen (secondary N) is 1. The number of carbonyl (C=O) groups excluding carboxylic acids is 1. The van der Waals surface area contributed by atoms with Crippen LogP contribution < -0.4 is 5.32 Å². The highest BCUT2D eigenvalue weighted by Crippen LogP contribution is 2.34. The van der Waals surface area contributed by atoms with E-state index < -0.39 is 0 Å². The summed E-state index contributed by atoms with van der Waals surface area (Å²) in [6.45, 7) is 2.12. The van der Waals surface area contributed by atoms with E-state index in [9.17, 15) is 4.79 Å². The number of allylic oxidation sites excluding steroid dienone is 1. The number of hydrogen-bond donors (Lipinski definition) is 1. The molecular formula is C11H17NO. The SMILES string of the molecule is CC1(NC(=O)C2=CCCCC2)CC1. The summed E-state index contributed by atoms with van der Waals surface area (Å²) in [6.07, 6.45) is 8.87. The van der Waals surface area contributed by atoms with Crippen LogP contribution in [0.3, 0.4) is 0 Å². The zero-order valence-corrected chi connectivity index (χ0v) is 8.23. The lowest BCUT2D eigenvalue weighted by Gasteiger charge is -2.16. The van der Waals surface area contributed by atoms with Crippen molar-refractivity contribution >= 4 is 5.91 Å². The normalized spacial score (nSPS) is 24.8. The predicted octanol–water partition coefficient (Wildman–Crippen LogP) is 2.16. The van der Waals surface area contributed by atoms with Crippen LogP contribution in [0.25, 0.3) is 0 Å². The highest BCUT2D eigenvalue weighted by atomic mass is 16.1. The van der Waals surface area contributed by atoms with Gasteiger partial charge in [0, 0.05) is 11.1 Å². The van der Waals surface area contributed by atoms with Crippen LogP contribution in [0, 0.1) is 0 Å². The lowest BCUT2D eigenvalue weighted by Crippen LogP contribution is -2.35. The fraction of sp³-hybridized carbons (Fsp3) is 0.727. The third-order valence-corrected chi connectivity index (χ3v) is 3.00. The first-order chi connectivity index (χ1) is 6.20. The molecule has 1 saturated carbocycles. The van der Waals surface area contributed by atoms with Gasteiger partial charge in [-0.25, -0.2) is 0 Å². The van der Waals surface area contributed by atoms with Crippen molar-refractivity contribution in [3.63, 3.8) is 0 Å². The second-order valence-corrected chi connectivity index (χ2v) is 4.49. The van der Waals surface area contributed by atoms with Crippen molar-refractivity contribution in [1.82, 2.24) is 5.32 Å². The standard InChI is InChI=1S/C11H17NO/c1-11(7-8-11)12-10(13)9-5-3-2-4-6-9/h5H,2-4,6-8H2,1H3,(H,12,13).